The quantitative estimate of drug-likeness (QED) is 0.0621. The summed E-state index contributed by atoms with van der Waals surface area (Å²) in [5, 5.41) is 27.6. The van der Waals surface area contributed by atoms with E-state index in [1.807, 2.05) is 60.7 Å². The highest BCUT2D eigenvalue weighted by atomic mass is 16.5. The molecule has 0 saturated carbocycles. The Morgan fingerprint density at radius 2 is 1.61 bits per heavy atom. The second-order valence-electron chi connectivity index (χ2n) is 17.3. The molecule has 2 aliphatic rings. The molecule has 0 radical (unpaired) electrons. The molecule has 1 aromatic heterocycles. The van der Waals surface area contributed by atoms with Crippen LogP contribution in [0, 0.1) is 5.92 Å². The Morgan fingerprint density at radius 3 is 2.36 bits per heavy atom. The molecular formula is C54H57N5O8. The molecule has 0 bridgehead atoms. The average Bonchev–Trinajstić information content (AvgIpc) is 3.36. The fourth-order valence-corrected chi connectivity index (χ4v) is 9.03. The van der Waals surface area contributed by atoms with Gasteiger partial charge >= 0.3 is 5.97 Å². The summed E-state index contributed by atoms with van der Waals surface area (Å²) in [4.78, 5) is 59.0. The number of nitrogens with one attached hydrogen (secondary N) is 3. The number of phenols is 1. The Morgan fingerprint density at radius 1 is 0.851 bits per heavy atom. The number of phenolic OH excluding ortho intramolecular Hbond substituents is 1. The van der Waals surface area contributed by atoms with Crippen LogP contribution in [0.25, 0.3) is 16.5 Å². The molecule has 2 unspecified atom stereocenters. The highest BCUT2D eigenvalue weighted by Crippen LogP contribution is 2.32. The third-order valence-corrected chi connectivity index (χ3v) is 12.8. The monoisotopic (exact) mass is 903 g/mol. The minimum atomic E-state index is -0.944. The van der Waals surface area contributed by atoms with E-state index in [4.69, 9.17) is 9.47 Å². The van der Waals surface area contributed by atoms with Crippen LogP contribution in [-0.4, -0.2) is 95.8 Å². The molecule has 346 valence electrons. The van der Waals surface area contributed by atoms with E-state index >= 15 is 0 Å². The van der Waals surface area contributed by atoms with Crippen molar-refractivity contribution in [3.63, 3.8) is 0 Å². The molecule has 2 atom stereocenters. The summed E-state index contributed by atoms with van der Waals surface area (Å²) >= 11 is 0. The van der Waals surface area contributed by atoms with Crippen LogP contribution in [0.1, 0.15) is 75.0 Å². The van der Waals surface area contributed by atoms with Crippen molar-refractivity contribution < 1.29 is 34.1 Å². The fourth-order valence-electron chi connectivity index (χ4n) is 9.03. The molecule has 1 saturated heterocycles. The number of esters is 1. The van der Waals surface area contributed by atoms with E-state index in [1.165, 1.54) is 24.8 Å². The lowest BCUT2D eigenvalue weighted by atomic mass is 9.88. The Labute approximate surface area is 390 Å². The maximum atomic E-state index is 13.9. The topological polar surface area (TPSA) is 174 Å². The molecule has 2 amide bonds. The second-order valence-corrected chi connectivity index (χ2v) is 17.3. The van der Waals surface area contributed by atoms with E-state index in [0.717, 1.165) is 60.3 Å². The van der Waals surface area contributed by atoms with Crippen molar-refractivity contribution in [3.8, 4) is 11.5 Å². The summed E-state index contributed by atoms with van der Waals surface area (Å²) in [6.45, 7) is 4.45. The number of benzene rings is 5. The lowest BCUT2D eigenvalue weighted by molar-refractivity contribution is -0.146. The zero-order valence-electron chi connectivity index (χ0n) is 37.7. The first kappa shape index (κ1) is 46.5. The number of aromatic amines is 1. The van der Waals surface area contributed by atoms with Gasteiger partial charge in [-0.05, 0) is 95.9 Å². The summed E-state index contributed by atoms with van der Waals surface area (Å²) in [5.41, 5.74) is 6.64. The van der Waals surface area contributed by atoms with Crippen LogP contribution in [0.5, 0.6) is 11.5 Å². The number of nitrogens with zero attached hydrogens (tertiary/aromatic N) is 2. The predicted molar refractivity (Wildman–Crippen MR) is 258 cm³/mol. The van der Waals surface area contributed by atoms with E-state index in [2.05, 4.69) is 50.8 Å². The van der Waals surface area contributed by atoms with Crippen LogP contribution in [0.2, 0.25) is 0 Å². The number of ether oxygens (including phenoxy) is 2. The molecule has 1 fully saturated rings. The molecular weight excluding hydrogens is 847 g/mol. The molecule has 0 spiro atoms. The van der Waals surface area contributed by atoms with Crippen molar-refractivity contribution in [3.05, 3.63) is 183 Å². The lowest BCUT2D eigenvalue weighted by Crippen LogP contribution is -2.42. The zero-order valence-corrected chi connectivity index (χ0v) is 37.7. The van der Waals surface area contributed by atoms with Crippen molar-refractivity contribution in [1.82, 2.24) is 25.4 Å². The third-order valence-electron chi connectivity index (χ3n) is 12.8. The number of aromatic hydroxyl groups is 1. The Balaban J connectivity index is 0.822. The third kappa shape index (κ3) is 11.7. The summed E-state index contributed by atoms with van der Waals surface area (Å²) in [7, 11) is 1.51. The van der Waals surface area contributed by atoms with Gasteiger partial charge in [0, 0.05) is 55.3 Å². The van der Waals surface area contributed by atoms with Crippen LogP contribution in [0.3, 0.4) is 0 Å². The van der Waals surface area contributed by atoms with Crippen LogP contribution < -0.4 is 20.9 Å². The van der Waals surface area contributed by atoms with Gasteiger partial charge in [-0.15, -0.1) is 0 Å². The minimum absolute atomic E-state index is 0.0851. The van der Waals surface area contributed by atoms with Crippen molar-refractivity contribution in [2.45, 2.75) is 44.4 Å². The average molecular weight is 904 g/mol. The number of H-pyrrole nitrogens is 1. The Hall–Kier alpha value is -7.06. The number of fused-ring (bicyclic) bond motifs is 1. The van der Waals surface area contributed by atoms with Crippen molar-refractivity contribution in [1.29, 1.82) is 0 Å². The molecule has 0 aliphatic carbocycles. The second kappa shape index (κ2) is 22.0. The van der Waals surface area contributed by atoms with Crippen LogP contribution in [0.15, 0.2) is 138 Å². The molecule has 5 aromatic carbocycles. The van der Waals surface area contributed by atoms with Gasteiger partial charge < -0.3 is 40.2 Å². The van der Waals surface area contributed by atoms with Gasteiger partial charge in [0.25, 0.3) is 5.91 Å². The van der Waals surface area contributed by atoms with Gasteiger partial charge in [-0.3, -0.25) is 24.1 Å². The first-order valence-electron chi connectivity index (χ1n) is 22.9. The first-order chi connectivity index (χ1) is 32.6. The number of aliphatic hydroxyl groups is 1. The maximum Gasteiger partial charge on any atom is 0.317 e. The molecule has 2 aliphatic heterocycles. The summed E-state index contributed by atoms with van der Waals surface area (Å²) in [5.74, 6) is -0.757. The molecule has 5 N–H and O–H groups in total. The SMILES string of the molecule is COc1cc(C(=O)NCC(=O)N2CC=C(c3cccc(C(C(=O)OCC4CCN(Cc5ccccc5)CC4)c4ccccc4)c3)CC2)ccc1CNCC(O)c1ccc(O)c2[nH]c(=O)ccc12. The molecule has 6 aromatic rings. The Bertz CT molecular complexity index is 2770. The number of methoxy groups -OCH3 is 1. The number of piperidine rings is 1. The van der Waals surface area contributed by atoms with Crippen LogP contribution in [-0.2, 0) is 27.4 Å². The number of hydrogen-bond acceptors (Lipinski definition) is 10. The smallest absolute Gasteiger partial charge is 0.317 e. The minimum Gasteiger partial charge on any atom is -0.506 e. The first-order valence-corrected chi connectivity index (χ1v) is 22.9. The number of rotatable bonds is 17. The summed E-state index contributed by atoms with van der Waals surface area (Å²) in [6, 6.07) is 39.3. The van der Waals surface area contributed by atoms with Gasteiger partial charge in [-0.25, -0.2) is 0 Å². The van der Waals surface area contributed by atoms with E-state index in [9.17, 15) is 29.4 Å². The largest absolute Gasteiger partial charge is 0.506 e. The summed E-state index contributed by atoms with van der Waals surface area (Å²) in [6.07, 6.45) is 3.68. The summed E-state index contributed by atoms with van der Waals surface area (Å²) < 4.78 is 11.7. The number of amides is 2. The molecule has 13 nitrogen and oxygen atoms in total. The van der Waals surface area contributed by atoms with Crippen molar-refractivity contribution in [2.24, 2.45) is 5.92 Å². The van der Waals surface area contributed by atoms with Gasteiger partial charge in [0.2, 0.25) is 11.5 Å². The van der Waals surface area contributed by atoms with Crippen LogP contribution in [0.4, 0.5) is 0 Å². The molecule has 67 heavy (non-hydrogen) atoms. The van der Waals surface area contributed by atoms with E-state index in [1.54, 1.807) is 35.2 Å². The normalized spacial score (nSPS) is 15.4. The highest BCUT2D eigenvalue weighted by Gasteiger charge is 2.28. The highest BCUT2D eigenvalue weighted by molar-refractivity contribution is 5.97. The van der Waals surface area contributed by atoms with Crippen molar-refractivity contribution >= 4 is 34.3 Å². The zero-order chi connectivity index (χ0) is 46.7. The number of aromatic nitrogens is 1. The van der Waals surface area contributed by atoms with Gasteiger partial charge in [-0.1, -0.05) is 103 Å². The fraction of sp³-hybridized carbons (Fsp3) is 0.296. The number of hydrogen-bond donors (Lipinski definition) is 5. The number of carbonyl (C=O) groups excluding carboxylic acids is 3. The Kier molecular flexibility index (Phi) is 15.2. The van der Waals surface area contributed by atoms with Gasteiger partial charge in [-0.2, -0.15) is 0 Å². The molecule has 3 heterocycles. The van der Waals surface area contributed by atoms with Gasteiger partial charge in [0.15, 0.2) is 0 Å². The van der Waals surface area contributed by atoms with E-state index < -0.39 is 17.9 Å². The number of pyridine rings is 1. The number of likely N-dealkylation sites (tertiary alicyclic amines) is 1. The van der Waals surface area contributed by atoms with E-state index in [-0.39, 0.29) is 41.8 Å². The van der Waals surface area contributed by atoms with Gasteiger partial charge in [0.1, 0.15) is 17.4 Å². The number of carbonyl (C=O) groups is 3. The number of aliphatic hydroxyl groups excluding tert-OH is 1. The maximum absolute atomic E-state index is 13.9. The van der Waals surface area contributed by atoms with Crippen LogP contribution >= 0.6 is 0 Å². The van der Waals surface area contributed by atoms with Crippen molar-refractivity contribution in [2.75, 3.05) is 53.0 Å². The van der Waals surface area contributed by atoms with E-state index in [0.29, 0.717) is 60.8 Å². The van der Waals surface area contributed by atoms with Gasteiger partial charge in [0.05, 0.1) is 31.9 Å². The molecule has 13 heteroatoms. The molecule has 8 rings (SSSR count). The standard InChI is InChI=1S/C54H57N5O8/c1-66-48-30-42(15-16-43(48)31-55-32-47(61)44-17-19-46(60)52-45(44)18-20-49(62)57-52)53(64)56-33-50(63)59-27-23-38(24-28-59)40-13-8-14-41(29-40)51(39-11-6-3-7-12-39)54(65)67-35-37-21-25-58(26-22-37)34-36-9-4-2-5-10-36/h2-20,23,29-30,37,47,51,55,60-61H,21-22,24-28,31-35H2,1H3,(H,56,64)(H,57,62). The lowest BCUT2D eigenvalue weighted by Gasteiger charge is -2.32. The predicted octanol–water partition coefficient (Wildman–Crippen LogP) is 6.70.